The lowest BCUT2D eigenvalue weighted by atomic mass is 9.71. The third-order valence-corrected chi connectivity index (χ3v) is 2.81. The van der Waals surface area contributed by atoms with Gasteiger partial charge in [0, 0.05) is 6.08 Å². The molecule has 0 N–H and O–H groups in total. The van der Waals surface area contributed by atoms with Gasteiger partial charge in [-0.05, 0) is 30.6 Å². The summed E-state index contributed by atoms with van der Waals surface area (Å²) in [6, 6.07) is 2.08. The van der Waals surface area contributed by atoms with Gasteiger partial charge in [0.05, 0.1) is 6.07 Å². The molecule has 0 bridgehead atoms. The van der Waals surface area contributed by atoms with E-state index in [0.29, 0.717) is 0 Å². The summed E-state index contributed by atoms with van der Waals surface area (Å²) in [4.78, 5) is 0. The van der Waals surface area contributed by atoms with Crippen molar-refractivity contribution >= 4 is 0 Å². The molecule has 0 aromatic heterocycles. The number of hydrogen-bond donors (Lipinski definition) is 0. The zero-order chi connectivity index (χ0) is 13.7. The number of rotatable bonds is 3. The lowest BCUT2D eigenvalue weighted by molar-refractivity contribution is 0.360. The lowest BCUT2D eigenvalue weighted by Gasteiger charge is -2.34. The van der Waals surface area contributed by atoms with E-state index in [0.717, 1.165) is 18.4 Å². The Morgan fingerprint density at radius 1 is 1.06 bits per heavy atom. The molecule has 0 aromatic rings. The molecule has 0 atom stereocenters. The first-order valence-corrected chi connectivity index (χ1v) is 6.35. The summed E-state index contributed by atoms with van der Waals surface area (Å²) in [6.45, 7) is 15.6. The van der Waals surface area contributed by atoms with Crippen LogP contribution in [0.3, 0.4) is 0 Å². The summed E-state index contributed by atoms with van der Waals surface area (Å²) in [5.41, 5.74) is 3.08. The summed E-state index contributed by atoms with van der Waals surface area (Å²) >= 11 is 0. The highest BCUT2D eigenvalue weighted by molar-refractivity contribution is 5.19. The smallest absolute Gasteiger partial charge is 0.0911 e. The fraction of sp³-hybridized carbons (Fsp3) is 0.688. The van der Waals surface area contributed by atoms with Crippen LogP contribution in [0.25, 0.3) is 0 Å². The van der Waals surface area contributed by atoms with Gasteiger partial charge >= 0.3 is 0 Å². The molecular formula is C16H27N. The minimum Gasteiger partial charge on any atom is -0.193 e. The van der Waals surface area contributed by atoms with Crippen molar-refractivity contribution in [2.45, 2.75) is 61.3 Å². The van der Waals surface area contributed by atoms with Crippen molar-refractivity contribution in [1.82, 2.24) is 0 Å². The second-order valence-corrected chi connectivity index (χ2v) is 6.78. The van der Waals surface area contributed by atoms with Crippen molar-refractivity contribution in [3.63, 3.8) is 0 Å². The average molecular weight is 233 g/mol. The highest BCUT2D eigenvalue weighted by atomic mass is 14.3. The molecule has 0 aliphatic heterocycles. The molecular weight excluding hydrogens is 206 g/mol. The van der Waals surface area contributed by atoms with Crippen molar-refractivity contribution in [2.24, 2.45) is 10.8 Å². The van der Waals surface area contributed by atoms with Crippen molar-refractivity contribution in [3.8, 4) is 6.07 Å². The Balaban J connectivity index is 4.77. The molecule has 0 radical (unpaired) electrons. The van der Waals surface area contributed by atoms with Crippen molar-refractivity contribution < 1.29 is 0 Å². The first-order valence-electron chi connectivity index (χ1n) is 6.35. The van der Waals surface area contributed by atoms with E-state index in [-0.39, 0.29) is 10.8 Å². The highest BCUT2D eigenvalue weighted by Crippen LogP contribution is 2.39. The Hall–Kier alpha value is -1.03. The van der Waals surface area contributed by atoms with Gasteiger partial charge in [0.15, 0.2) is 0 Å². The highest BCUT2D eigenvalue weighted by Gasteiger charge is 2.27. The summed E-state index contributed by atoms with van der Waals surface area (Å²) in [5, 5.41) is 8.56. The van der Waals surface area contributed by atoms with E-state index in [1.54, 1.807) is 6.08 Å². The van der Waals surface area contributed by atoms with Crippen LogP contribution in [0.2, 0.25) is 0 Å². The molecule has 0 amide bonds. The second kappa shape index (κ2) is 6.05. The third-order valence-electron chi connectivity index (χ3n) is 2.81. The van der Waals surface area contributed by atoms with Gasteiger partial charge in [-0.3, -0.25) is 0 Å². The van der Waals surface area contributed by atoms with E-state index in [4.69, 9.17) is 5.26 Å². The van der Waals surface area contributed by atoms with Gasteiger partial charge in [-0.1, -0.05) is 58.8 Å². The third kappa shape index (κ3) is 6.31. The van der Waals surface area contributed by atoms with Crippen molar-refractivity contribution in [3.05, 3.63) is 23.3 Å². The molecule has 0 spiro atoms. The van der Waals surface area contributed by atoms with Crippen molar-refractivity contribution in [1.29, 1.82) is 5.26 Å². The molecule has 0 heterocycles. The first-order chi connectivity index (χ1) is 7.59. The quantitative estimate of drug-likeness (QED) is 0.482. The monoisotopic (exact) mass is 233 g/mol. The zero-order valence-electron chi connectivity index (χ0n) is 12.5. The van der Waals surface area contributed by atoms with E-state index in [1.165, 1.54) is 5.57 Å². The maximum atomic E-state index is 8.56. The maximum absolute atomic E-state index is 8.56. The Kier molecular flexibility index (Phi) is 5.69. The van der Waals surface area contributed by atoms with Gasteiger partial charge in [0.2, 0.25) is 0 Å². The van der Waals surface area contributed by atoms with Gasteiger partial charge < -0.3 is 0 Å². The summed E-state index contributed by atoms with van der Waals surface area (Å²) < 4.78 is 0. The number of hydrogen-bond acceptors (Lipinski definition) is 1. The summed E-state index contributed by atoms with van der Waals surface area (Å²) in [5.74, 6) is 0. The average Bonchev–Trinajstić information content (AvgIpc) is 2.08. The Morgan fingerprint density at radius 3 is 1.88 bits per heavy atom. The normalized spacial score (nSPS) is 13.2. The molecule has 1 nitrogen and oxygen atoms in total. The fourth-order valence-electron chi connectivity index (χ4n) is 2.36. The van der Waals surface area contributed by atoms with Crippen LogP contribution < -0.4 is 0 Å². The minimum absolute atomic E-state index is 0.213. The molecule has 96 valence electrons. The molecule has 0 aromatic carbocycles. The van der Waals surface area contributed by atoms with Gasteiger partial charge in [-0.2, -0.15) is 5.26 Å². The van der Waals surface area contributed by atoms with Crippen LogP contribution in [0.5, 0.6) is 0 Å². The molecule has 0 rings (SSSR count). The van der Waals surface area contributed by atoms with Crippen LogP contribution in [0.15, 0.2) is 23.3 Å². The van der Waals surface area contributed by atoms with E-state index < -0.39 is 0 Å². The molecule has 0 aliphatic rings. The van der Waals surface area contributed by atoms with Crippen LogP contribution >= 0.6 is 0 Å². The van der Waals surface area contributed by atoms with Crippen LogP contribution in [0.4, 0.5) is 0 Å². The summed E-state index contributed by atoms with van der Waals surface area (Å²) in [7, 11) is 0. The fourth-order valence-corrected chi connectivity index (χ4v) is 2.36. The summed E-state index contributed by atoms with van der Waals surface area (Å²) in [6.07, 6.45) is 5.99. The molecule has 0 fully saturated rings. The maximum Gasteiger partial charge on any atom is 0.0911 e. The van der Waals surface area contributed by atoms with Gasteiger partial charge in [-0.15, -0.1) is 0 Å². The topological polar surface area (TPSA) is 23.8 Å². The largest absolute Gasteiger partial charge is 0.193 e. The van der Waals surface area contributed by atoms with Gasteiger partial charge in [0.25, 0.3) is 0 Å². The Bertz CT molecular complexity index is 321. The van der Waals surface area contributed by atoms with Crippen LogP contribution in [0, 0.1) is 22.2 Å². The van der Waals surface area contributed by atoms with Crippen molar-refractivity contribution in [2.75, 3.05) is 0 Å². The number of nitrogens with zero attached hydrogens (tertiary/aromatic N) is 1. The minimum atomic E-state index is 0.213. The Labute approximate surface area is 107 Å². The molecule has 0 saturated heterocycles. The van der Waals surface area contributed by atoms with E-state index in [2.05, 4.69) is 53.7 Å². The SMILES string of the molecule is C/C(=C/C#N)CCC=C(C(C)(C)C)C(C)(C)C. The van der Waals surface area contributed by atoms with Crippen LogP contribution in [-0.2, 0) is 0 Å². The molecule has 0 unspecified atom stereocenters. The number of allylic oxidation sites excluding steroid dienone is 4. The molecule has 1 heteroatoms. The predicted octanol–water partition coefficient (Wildman–Crippen LogP) is 5.26. The second-order valence-electron chi connectivity index (χ2n) is 6.78. The lowest BCUT2D eigenvalue weighted by Crippen LogP contribution is -2.22. The van der Waals surface area contributed by atoms with Gasteiger partial charge in [-0.25, -0.2) is 0 Å². The van der Waals surface area contributed by atoms with Crippen LogP contribution in [-0.4, -0.2) is 0 Å². The predicted molar refractivity (Wildman–Crippen MR) is 75.6 cm³/mol. The zero-order valence-corrected chi connectivity index (χ0v) is 12.5. The first kappa shape index (κ1) is 16.0. The van der Waals surface area contributed by atoms with E-state index in [9.17, 15) is 0 Å². The van der Waals surface area contributed by atoms with Crippen LogP contribution in [0.1, 0.15) is 61.3 Å². The number of nitriles is 1. The molecule has 17 heavy (non-hydrogen) atoms. The van der Waals surface area contributed by atoms with Gasteiger partial charge in [0.1, 0.15) is 0 Å². The molecule has 0 aliphatic carbocycles. The van der Waals surface area contributed by atoms with E-state index in [1.807, 2.05) is 6.92 Å². The molecule has 0 saturated carbocycles. The van der Waals surface area contributed by atoms with E-state index >= 15 is 0 Å². The Morgan fingerprint density at radius 2 is 1.53 bits per heavy atom. The standard InChI is InChI=1S/C16H27N/c1-13(11-12-17)9-8-10-14(15(2,3)4)16(5,6)7/h10-11H,8-9H2,1-7H3/b13-11-.